The first-order valence-electron chi connectivity index (χ1n) is 8.93. The number of benzene rings is 1. The van der Waals surface area contributed by atoms with Crippen molar-refractivity contribution < 1.29 is 14.4 Å². The van der Waals surface area contributed by atoms with Gasteiger partial charge < -0.3 is 15.5 Å². The zero-order valence-electron chi connectivity index (χ0n) is 15.6. The Morgan fingerprint density at radius 1 is 1.19 bits per heavy atom. The normalized spacial score (nSPS) is 25.0. The Labute approximate surface area is 154 Å². The van der Waals surface area contributed by atoms with Gasteiger partial charge in [-0.3, -0.25) is 14.4 Å². The summed E-state index contributed by atoms with van der Waals surface area (Å²) < 4.78 is 0. The number of carbonyl (C=O) groups excluding carboxylic acids is 3. The Morgan fingerprint density at radius 2 is 1.88 bits per heavy atom. The highest BCUT2D eigenvalue weighted by Gasteiger charge is 2.31. The lowest BCUT2D eigenvalue weighted by Gasteiger charge is -2.35. The summed E-state index contributed by atoms with van der Waals surface area (Å²) in [6.45, 7) is 3.31. The fraction of sp³-hybridized carbons (Fsp3) is 0.450. The van der Waals surface area contributed by atoms with Gasteiger partial charge in [-0.25, -0.2) is 0 Å². The number of hydrogen-bond donors (Lipinski definition) is 2. The van der Waals surface area contributed by atoms with Gasteiger partial charge in [-0.2, -0.15) is 0 Å². The molecule has 0 aliphatic carbocycles. The third kappa shape index (κ3) is 5.18. The van der Waals surface area contributed by atoms with Gasteiger partial charge in [0.1, 0.15) is 6.04 Å². The van der Waals surface area contributed by atoms with Crippen LogP contribution in [0.3, 0.4) is 0 Å². The van der Waals surface area contributed by atoms with E-state index in [1.165, 1.54) is 6.92 Å². The fourth-order valence-electron chi connectivity index (χ4n) is 3.09. The van der Waals surface area contributed by atoms with Gasteiger partial charge in [0.2, 0.25) is 17.7 Å². The molecule has 6 nitrogen and oxygen atoms in total. The lowest BCUT2D eigenvalue weighted by molar-refractivity contribution is -0.137. The second kappa shape index (κ2) is 9.17. The number of nitrogens with one attached hydrogen (secondary N) is 2. The van der Waals surface area contributed by atoms with E-state index in [0.29, 0.717) is 19.3 Å². The number of rotatable bonds is 2. The van der Waals surface area contributed by atoms with E-state index in [0.717, 1.165) is 5.56 Å². The van der Waals surface area contributed by atoms with Gasteiger partial charge in [-0.15, -0.1) is 0 Å². The van der Waals surface area contributed by atoms with Crippen molar-refractivity contribution in [3.8, 4) is 0 Å². The van der Waals surface area contributed by atoms with Crippen LogP contribution in [0.25, 0.3) is 0 Å². The third-order valence-electron chi connectivity index (χ3n) is 4.67. The van der Waals surface area contributed by atoms with Gasteiger partial charge in [0.15, 0.2) is 0 Å². The molecule has 0 spiro atoms. The van der Waals surface area contributed by atoms with Crippen LogP contribution in [0.5, 0.6) is 0 Å². The smallest absolute Gasteiger partial charge is 0.245 e. The van der Waals surface area contributed by atoms with Crippen LogP contribution in [-0.4, -0.2) is 41.8 Å². The minimum Gasteiger partial charge on any atom is -0.347 e. The van der Waals surface area contributed by atoms with Crippen molar-refractivity contribution in [1.82, 2.24) is 15.5 Å². The second-order valence-electron chi connectivity index (χ2n) is 6.64. The minimum absolute atomic E-state index is 0.0461. The van der Waals surface area contributed by atoms with Crippen LogP contribution in [0.4, 0.5) is 0 Å². The average Bonchev–Trinajstić information content (AvgIpc) is 2.62. The zero-order chi connectivity index (χ0) is 19.1. The number of amides is 3. The first kappa shape index (κ1) is 19.7. The Balaban J connectivity index is 2.34. The lowest BCUT2D eigenvalue weighted by atomic mass is 9.97. The standard InChI is InChI=1S/C20H27N3O3/c1-14-19(16-10-6-4-7-11-16)22-18(25)13-9-5-8-12-17(21-15(2)24)20(26)23(14)3/h4-8,10-11,14,17,19H,9,12-13H2,1-3H3,(H,21,24)(H,22,25)/t14-,17+,19+/m0/s1. The van der Waals surface area contributed by atoms with Gasteiger partial charge in [0.25, 0.3) is 0 Å². The molecule has 3 atom stereocenters. The third-order valence-corrected chi connectivity index (χ3v) is 4.67. The van der Waals surface area contributed by atoms with Crippen LogP contribution >= 0.6 is 0 Å². The number of likely N-dealkylation sites (N-methyl/N-ethyl adjacent to an activating group) is 1. The summed E-state index contributed by atoms with van der Waals surface area (Å²) in [4.78, 5) is 38.3. The summed E-state index contributed by atoms with van der Waals surface area (Å²) in [5.41, 5.74) is 0.941. The SMILES string of the molecule is CC(=O)N[C@@H]1CC=CCCC(=O)N[C@@H](c2ccccc2)[C@H](C)N(C)C1=O. The minimum atomic E-state index is -0.609. The summed E-state index contributed by atoms with van der Waals surface area (Å²) >= 11 is 0. The molecule has 1 aliphatic rings. The molecular weight excluding hydrogens is 330 g/mol. The molecule has 1 heterocycles. The van der Waals surface area contributed by atoms with Crippen molar-refractivity contribution in [2.24, 2.45) is 0 Å². The van der Waals surface area contributed by atoms with Gasteiger partial charge in [-0.1, -0.05) is 42.5 Å². The van der Waals surface area contributed by atoms with Gasteiger partial charge in [0.05, 0.1) is 12.1 Å². The van der Waals surface area contributed by atoms with E-state index in [2.05, 4.69) is 10.6 Å². The van der Waals surface area contributed by atoms with Gasteiger partial charge in [-0.05, 0) is 25.3 Å². The van der Waals surface area contributed by atoms with Crippen LogP contribution in [0.1, 0.15) is 44.7 Å². The Bertz CT molecular complexity index is 672. The molecule has 26 heavy (non-hydrogen) atoms. The number of nitrogens with zero attached hydrogens (tertiary/aromatic N) is 1. The van der Waals surface area contributed by atoms with E-state index < -0.39 is 6.04 Å². The molecule has 1 aromatic rings. The van der Waals surface area contributed by atoms with E-state index in [1.54, 1.807) is 11.9 Å². The summed E-state index contributed by atoms with van der Waals surface area (Å²) in [6.07, 6.45) is 5.12. The topological polar surface area (TPSA) is 78.5 Å². The van der Waals surface area contributed by atoms with E-state index in [4.69, 9.17) is 0 Å². The molecule has 6 heteroatoms. The lowest BCUT2D eigenvalue weighted by Crippen LogP contribution is -2.52. The van der Waals surface area contributed by atoms with Crippen LogP contribution in [-0.2, 0) is 14.4 Å². The molecule has 140 valence electrons. The molecule has 0 unspecified atom stereocenters. The molecule has 0 saturated carbocycles. The number of carbonyl (C=O) groups is 3. The molecule has 2 N–H and O–H groups in total. The fourth-order valence-corrected chi connectivity index (χ4v) is 3.09. The maximum absolute atomic E-state index is 12.9. The predicted molar refractivity (Wildman–Crippen MR) is 100 cm³/mol. The van der Waals surface area contributed by atoms with Crippen molar-refractivity contribution in [2.75, 3.05) is 7.05 Å². The highest BCUT2D eigenvalue weighted by Crippen LogP contribution is 2.22. The van der Waals surface area contributed by atoms with Crippen molar-refractivity contribution >= 4 is 17.7 Å². The van der Waals surface area contributed by atoms with Crippen molar-refractivity contribution in [1.29, 1.82) is 0 Å². The first-order valence-corrected chi connectivity index (χ1v) is 8.93. The molecular formula is C20H27N3O3. The number of allylic oxidation sites excluding steroid dienone is 1. The van der Waals surface area contributed by atoms with E-state index >= 15 is 0 Å². The molecule has 3 amide bonds. The molecule has 0 aromatic heterocycles. The maximum atomic E-state index is 12.9. The Hall–Kier alpha value is -2.63. The van der Waals surface area contributed by atoms with Crippen LogP contribution < -0.4 is 10.6 Å². The summed E-state index contributed by atoms with van der Waals surface area (Å²) in [5.74, 6) is -0.457. The van der Waals surface area contributed by atoms with Crippen molar-refractivity contribution in [2.45, 2.75) is 51.2 Å². The van der Waals surface area contributed by atoms with E-state index in [1.807, 2.05) is 49.4 Å². The molecule has 0 radical (unpaired) electrons. The highest BCUT2D eigenvalue weighted by molar-refractivity contribution is 5.87. The highest BCUT2D eigenvalue weighted by atomic mass is 16.2. The predicted octanol–water partition coefficient (Wildman–Crippen LogP) is 1.94. The van der Waals surface area contributed by atoms with Crippen molar-refractivity contribution in [3.63, 3.8) is 0 Å². The molecule has 0 fully saturated rings. The first-order chi connectivity index (χ1) is 12.4. The molecule has 2 rings (SSSR count). The van der Waals surface area contributed by atoms with Crippen molar-refractivity contribution in [3.05, 3.63) is 48.0 Å². The largest absolute Gasteiger partial charge is 0.347 e. The molecule has 1 aliphatic heterocycles. The molecule has 1 aromatic carbocycles. The summed E-state index contributed by atoms with van der Waals surface area (Å²) in [7, 11) is 1.71. The second-order valence-corrected chi connectivity index (χ2v) is 6.64. The van der Waals surface area contributed by atoms with Gasteiger partial charge >= 0.3 is 0 Å². The monoisotopic (exact) mass is 357 g/mol. The van der Waals surface area contributed by atoms with E-state index in [-0.39, 0.29) is 29.8 Å². The number of hydrogen-bond acceptors (Lipinski definition) is 3. The maximum Gasteiger partial charge on any atom is 0.245 e. The van der Waals surface area contributed by atoms with Crippen LogP contribution in [0, 0.1) is 0 Å². The molecule has 0 saturated heterocycles. The molecule has 0 bridgehead atoms. The van der Waals surface area contributed by atoms with Crippen LogP contribution in [0.2, 0.25) is 0 Å². The summed E-state index contributed by atoms with van der Waals surface area (Å²) in [5, 5.41) is 5.78. The van der Waals surface area contributed by atoms with E-state index in [9.17, 15) is 14.4 Å². The summed E-state index contributed by atoms with van der Waals surface area (Å²) in [6, 6.07) is 8.42. The zero-order valence-corrected chi connectivity index (χ0v) is 15.6. The Morgan fingerprint density at radius 3 is 2.54 bits per heavy atom. The van der Waals surface area contributed by atoms with Gasteiger partial charge in [0, 0.05) is 20.4 Å². The average molecular weight is 357 g/mol. The Kier molecular flexibility index (Phi) is 6.95. The van der Waals surface area contributed by atoms with Crippen LogP contribution in [0.15, 0.2) is 42.5 Å². The quantitative estimate of drug-likeness (QED) is 0.794.